The topological polar surface area (TPSA) is 12.0 Å². The molecule has 2 aromatic rings. The molecule has 21 heavy (non-hydrogen) atoms. The van der Waals surface area contributed by atoms with E-state index in [4.69, 9.17) is 11.6 Å². The first-order chi connectivity index (χ1) is 10.1. The molecule has 1 nitrogen and oxygen atoms in total. The van der Waals surface area contributed by atoms with Crippen molar-refractivity contribution in [2.24, 2.45) is 0 Å². The van der Waals surface area contributed by atoms with Gasteiger partial charge in [-0.15, -0.1) is 0 Å². The van der Waals surface area contributed by atoms with Gasteiger partial charge in [-0.1, -0.05) is 35.5 Å². The number of rotatable bonds is 5. The highest BCUT2D eigenvalue weighted by Gasteiger charge is 2.20. The van der Waals surface area contributed by atoms with E-state index in [0.717, 1.165) is 17.6 Å². The number of halogens is 1. The Labute approximate surface area is 136 Å². The van der Waals surface area contributed by atoms with Crippen LogP contribution >= 0.6 is 23.4 Å². The monoisotopic (exact) mass is 317 g/mol. The third-order valence-electron chi connectivity index (χ3n) is 3.89. The smallest absolute Gasteiger partial charge is 0.0417 e. The first kappa shape index (κ1) is 15.0. The number of hydrogen-bond acceptors (Lipinski definition) is 2. The summed E-state index contributed by atoms with van der Waals surface area (Å²) in [6.07, 6.45) is 2.63. The highest BCUT2D eigenvalue weighted by Crippen LogP contribution is 2.34. The van der Waals surface area contributed by atoms with Crippen LogP contribution in [0.1, 0.15) is 29.5 Å². The predicted molar refractivity (Wildman–Crippen MR) is 91.4 cm³/mol. The molecule has 0 bridgehead atoms. The average Bonchev–Trinajstić information content (AvgIpc) is 3.26. The Hall–Kier alpha value is -0.960. The third-order valence-corrected chi connectivity index (χ3v) is 5.22. The lowest BCUT2D eigenvalue weighted by molar-refractivity contribution is 0.680. The summed E-state index contributed by atoms with van der Waals surface area (Å²) in [4.78, 5) is 2.52. The van der Waals surface area contributed by atoms with Crippen molar-refractivity contribution in [3.8, 4) is 0 Å². The van der Waals surface area contributed by atoms with Crippen LogP contribution in [-0.4, -0.2) is 6.04 Å². The molecule has 0 heterocycles. The van der Waals surface area contributed by atoms with E-state index in [9.17, 15) is 0 Å². The normalized spacial score (nSPS) is 14.4. The van der Waals surface area contributed by atoms with Crippen molar-refractivity contribution in [2.75, 3.05) is 0 Å². The molecule has 0 aliphatic heterocycles. The molecule has 1 fully saturated rings. The van der Waals surface area contributed by atoms with E-state index in [-0.39, 0.29) is 0 Å². The molecule has 0 atom stereocenters. The lowest BCUT2D eigenvalue weighted by atomic mass is 10.1. The minimum atomic E-state index is 0.722. The molecule has 0 amide bonds. The van der Waals surface area contributed by atoms with Crippen LogP contribution in [0, 0.1) is 13.8 Å². The summed E-state index contributed by atoms with van der Waals surface area (Å²) in [6, 6.07) is 13.5. The van der Waals surface area contributed by atoms with Crippen molar-refractivity contribution in [1.82, 2.24) is 5.32 Å². The van der Waals surface area contributed by atoms with Crippen molar-refractivity contribution < 1.29 is 0 Å². The molecule has 0 spiro atoms. The number of aryl methyl sites for hydroxylation is 2. The van der Waals surface area contributed by atoms with E-state index >= 15 is 0 Å². The highest BCUT2D eigenvalue weighted by atomic mass is 35.5. The van der Waals surface area contributed by atoms with E-state index in [1.807, 2.05) is 6.07 Å². The van der Waals surface area contributed by atoms with Gasteiger partial charge in [0.25, 0.3) is 0 Å². The number of nitrogens with one attached hydrogen (secondary N) is 1. The summed E-state index contributed by atoms with van der Waals surface area (Å²) >= 11 is 7.98. The Balaban J connectivity index is 1.81. The summed E-state index contributed by atoms with van der Waals surface area (Å²) < 4.78 is 0. The second-order valence-electron chi connectivity index (χ2n) is 5.76. The molecule has 0 aromatic heterocycles. The fraction of sp³-hybridized carbons (Fsp3) is 0.333. The van der Waals surface area contributed by atoms with Gasteiger partial charge in [0.05, 0.1) is 0 Å². The van der Waals surface area contributed by atoms with Gasteiger partial charge >= 0.3 is 0 Å². The van der Waals surface area contributed by atoms with Crippen LogP contribution in [-0.2, 0) is 6.54 Å². The van der Waals surface area contributed by atoms with Crippen molar-refractivity contribution in [3.05, 3.63) is 58.1 Å². The van der Waals surface area contributed by atoms with Gasteiger partial charge in [0.15, 0.2) is 0 Å². The molecule has 1 N–H and O–H groups in total. The fourth-order valence-electron chi connectivity index (χ4n) is 2.22. The highest BCUT2D eigenvalue weighted by molar-refractivity contribution is 7.99. The Kier molecular flexibility index (Phi) is 4.58. The Morgan fingerprint density at radius 2 is 1.90 bits per heavy atom. The second-order valence-corrected chi connectivity index (χ2v) is 7.31. The number of hydrogen-bond donors (Lipinski definition) is 1. The quantitative estimate of drug-likeness (QED) is 0.796. The van der Waals surface area contributed by atoms with Gasteiger partial charge in [0.1, 0.15) is 0 Å². The zero-order valence-electron chi connectivity index (χ0n) is 12.4. The van der Waals surface area contributed by atoms with Gasteiger partial charge in [-0.3, -0.25) is 0 Å². The Bertz CT molecular complexity index is 650. The van der Waals surface area contributed by atoms with Crippen molar-refractivity contribution in [1.29, 1.82) is 0 Å². The van der Waals surface area contributed by atoms with E-state index in [2.05, 4.69) is 49.5 Å². The molecular weight excluding hydrogens is 298 g/mol. The maximum atomic E-state index is 6.18. The molecule has 2 aromatic carbocycles. The largest absolute Gasteiger partial charge is 0.310 e. The van der Waals surface area contributed by atoms with Crippen LogP contribution in [0.25, 0.3) is 0 Å². The first-order valence-electron chi connectivity index (χ1n) is 7.39. The minimum absolute atomic E-state index is 0.722. The molecule has 1 saturated carbocycles. The molecule has 0 radical (unpaired) electrons. The van der Waals surface area contributed by atoms with Gasteiger partial charge in [0, 0.05) is 27.4 Å². The lowest BCUT2D eigenvalue weighted by Crippen LogP contribution is -2.15. The molecule has 0 saturated heterocycles. The van der Waals surface area contributed by atoms with Crippen LogP contribution in [0.3, 0.4) is 0 Å². The summed E-state index contributed by atoms with van der Waals surface area (Å²) in [5.41, 5.74) is 4.00. The fourth-order valence-corrected chi connectivity index (χ4v) is 3.54. The van der Waals surface area contributed by atoms with Crippen LogP contribution in [0.5, 0.6) is 0 Å². The molecule has 0 unspecified atom stereocenters. The Morgan fingerprint density at radius 1 is 1.10 bits per heavy atom. The number of benzene rings is 2. The summed E-state index contributed by atoms with van der Waals surface area (Å²) in [6.45, 7) is 5.23. The van der Waals surface area contributed by atoms with Crippen LogP contribution in [0.2, 0.25) is 5.02 Å². The maximum absolute atomic E-state index is 6.18. The average molecular weight is 318 g/mol. The lowest BCUT2D eigenvalue weighted by Gasteiger charge is -2.11. The standard InChI is InChI=1S/C18H20ClNS/c1-12-3-8-17(9-13(12)2)21-18-10-15(19)5-4-14(18)11-20-16-6-7-16/h3-5,8-10,16,20H,6-7,11H2,1-2H3. The van der Waals surface area contributed by atoms with Crippen LogP contribution < -0.4 is 5.32 Å². The van der Waals surface area contributed by atoms with E-state index in [0.29, 0.717) is 0 Å². The maximum Gasteiger partial charge on any atom is 0.0417 e. The molecule has 3 heteroatoms. The minimum Gasteiger partial charge on any atom is -0.310 e. The van der Waals surface area contributed by atoms with Gasteiger partial charge in [0.2, 0.25) is 0 Å². The van der Waals surface area contributed by atoms with Crippen molar-refractivity contribution >= 4 is 23.4 Å². The van der Waals surface area contributed by atoms with E-state index in [1.165, 1.54) is 39.3 Å². The summed E-state index contributed by atoms with van der Waals surface area (Å²) in [5.74, 6) is 0. The summed E-state index contributed by atoms with van der Waals surface area (Å²) in [5, 5.41) is 4.38. The zero-order valence-corrected chi connectivity index (χ0v) is 14.0. The molecule has 1 aliphatic rings. The first-order valence-corrected chi connectivity index (χ1v) is 8.58. The van der Waals surface area contributed by atoms with Crippen molar-refractivity contribution in [2.45, 2.75) is 49.1 Å². The predicted octanol–water partition coefficient (Wildman–Crippen LogP) is 5.36. The second kappa shape index (κ2) is 6.43. The van der Waals surface area contributed by atoms with Gasteiger partial charge in [-0.25, -0.2) is 0 Å². The van der Waals surface area contributed by atoms with E-state index in [1.54, 1.807) is 11.8 Å². The van der Waals surface area contributed by atoms with Gasteiger partial charge in [-0.2, -0.15) is 0 Å². The van der Waals surface area contributed by atoms with Crippen molar-refractivity contribution in [3.63, 3.8) is 0 Å². The zero-order chi connectivity index (χ0) is 14.8. The van der Waals surface area contributed by atoms with Gasteiger partial charge in [-0.05, 0) is 67.6 Å². The SMILES string of the molecule is Cc1ccc(Sc2cc(Cl)ccc2CNC2CC2)cc1C. The van der Waals surface area contributed by atoms with E-state index < -0.39 is 0 Å². The van der Waals surface area contributed by atoms with Crippen LogP contribution in [0.15, 0.2) is 46.2 Å². The third kappa shape index (κ3) is 4.03. The van der Waals surface area contributed by atoms with Gasteiger partial charge < -0.3 is 5.32 Å². The molecule has 1 aliphatic carbocycles. The van der Waals surface area contributed by atoms with Crippen LogP contribution in [0.4, 0.5) is 0 Å². The Morgan fingerprint density at radius 3 is 2.62 bits per heavy atom. The summed E-state index contributed by atoms with van der Waals surface area (Å²) in [7, 11) is 0. The molecule has 3 rings (SSSR count). The molecule has 110 valence electrons. The molecular formula is C18H20ClNS.